The van der Waals surface area contributed by atoms with Gasteiger partial charge in [0, 0.05) is 15.6 Å². The summed E-state index contributed by atoms with van der Waals surface area (Å²) in [7, 11) is 1.19. The Hall–Kier alpha value is -2.14. The molecule has 0 bridgehead atoms. The predicted molar refractivity (Wildman–Crippen MR) is 95.4 cm³/mol. The van der Waals surface area contributed by atoms with Gasteiger partial charge in [-0.3, -0.25) is 4.79 Å². The van der Waals surface area contributed by atoms with E-state index in [4.69, 9.17) is 4.74 Å². The van der Waals surface area contributed by atoms with E-state index in [1.165, 1.54) is 12.7 Å². The van der Waals surface area contributed by atoms with Crippen LogP contribution in [0.1, 0.15) is 34.0 Å². The zero-order chi connectivity index (χ0) is 17.7. The predicted octanol–water partition coefficient (Wildman–Crippen LogP) is 4.25. The van der Waals surface area contributed by atoms with E-state index in [1.807, 2.05) is 19.1 Å². The highest BCUT2D eigenvalue weighted by atomic mass is 79.9. The molecule has 4 nitrogen and oxygen atoms in total. The van der Waals surface area contributed by atoms with Crippen molar-refractivity contribution in [1.29, 1.82) is 0 Å². The van der Waals surface area contributed by atoms with Crippen LogP contribution in [-0.2, 0) is 22.6 Å². The van der Waals surface area contributed by atoms with Crippen LogP contribution < -0.4 is 4.74 Å². The van der Waals surface area contributed by atoms with E-state index in [1.54, 1.807) is 18.2 Å². The number of ether oxygens (including phenoxy) is 2. The summed E-state index contributed by atoms with van der Waals surface area (Å²) >= 11 is 3.42. The molecule has 5 heteroatoms. The Morgan fingerprint density at radius 1 is 1.17 bits per heavy atom. The maximum absolute atomic E-state index is 12.2. The number of halogens is 1. The van der Waals surface area contributed by atoms with Crippen LogP contribution in [0, 0.1) is 6.92 Å². The standard InChI is InChI=1S/C19H19BrO4/c1-4-13-8-9-17(12(2)10-13)24-11-15-14(6-5-7-16(15)20)18(21)19(22)23-3/h5-10H,4,11H2,1-3H3. The highest BCUT2D eigenvalue weighted by Gasteiger charge is 2.21. The quantitative estimate of drug-likeness (QED) is 0.420. The number of esters is 1. The molecule has 0 fully saturated rings. The Kier molecular flexibility index (Phi) is 6.15. The van der Waals surface area contributed by atoms with Crippen LogP contribution in [0.5, 0.6) is 5.75 Å². The molecule has 0 saturated heterocycles. The Labute approximate surface area is 149 Å². The molecule has 0 heterocycles. The number of ketones is 1. The van der Waals surface area contributed by atoms with Gasteiger partial charge >= 0.3 is 5.97 Å². The van der Waals surface area contributed by atoms with Crippen molar-refractivity contribution in [2.45, 2.75) is 26.9 Å². The summed E-state index contributed by atoms with van der Waals surface area (Å²) in [5.41, 5.74) is 3.16. The topological polar surface area (TPSA) is 52.6 Å². The van der Waals surface area contributed by atoms with E-state index in [2.05, 4.69) is 33.7 Å². The van der Waals surface area contributed by atoms with Gasteiger partial charge in [-0.15, -0.1) is 0 Å². The molecular weight excluding hydrogens is 372 g/mol. The SMILES string of the molecule is CCc1ccc(OCc2c(Br)cccc2C(=O)C(=O)OC)c(C)c1. The van der Waals surface area contributed by atoms with Gasteiger partial charge < -0.3 is 9.47 Å². The number of rotatable bonds is 6. The minimum absolute atomic E-state index is 0.172. The normalized spacial score (nSPS) is 10.3. The lowest BCUT2D eigenvalue weighted by atomic mass is 10.0. The second-order valence-electron chi connectivity index (χ2n) is 5.33. The lowest BCUT2D eigenvalue weighted by Gasteiger charge is -2.14. The van der Waals surface area contributed by atoms with Gasteiger partial charge in [0.1, 0.15) is 12.4 Å². The number of hydrogen-bond donors (Lipinski definition) is 0. The summed E-state index contributed by atoms with van der Waals surface area (Å²) in [6.45, 7) is 4.25. The molecule has 0 aromatic heterocycles. The fraction of sp³-hybridized carbons (Fsp3) is 0.263. The van der Waals surface area contributed by atoms with E-state index in [0.717, 1.165) is 17.7 Å². The summed E-state index contributed by atoms with van der Waals surface area (Å²) in [6.07, 6.45) is 0.961. The third-order valence-corrected chi connectivity index (χ3v) is 4.50. The van der Waals surface area contributed by atoms with Crippen molar-refractivity contribution >= 4 is 27.7 Å². The smallest absolute Gasteiger partial charge is 0.379 e. The molecule has 0 unspecified atom stereocenters. The van der Waals surface area contributed by atoms with Crippen LogP contribution in [-0.4, -0.2) is 18.9 Å². The van der Waals surface area contributed by atoms with E-state index < -0.39 is 11.8 Å². The lowest BCUT2D eigenvalue weighted by molar-refractivity contribution is -0.135. The van der Waals surface area contributed by atoms with Crippen LogP contribution >= 0.6 is 15.9 Å². The molecule has 2 aromatic rings. The molecule has 2 aromatic carbocycles. The maximum atomic E-state index is 12.2. The molecule has 0 N–H and O–H groups in total. The molecule has 0 atom stereocenters. The van der Waals surface area contributed by atoms with Crippen molar-refractivity contribution in [2.75, 3.05) is 7.11 Å². The number of methoxy groups -OCH3 is 1. The Bertz CT molecular complexity index is 768. The minimum Gasteiger partial charge on any atom is -0.489 e. The van der Waals surface area contributed by atoms with Gasteiger partial charge in [0.2, 0.25) is 0 Å². The van der Waals surface area contributed by atoms with Crippen molar-refractivity contribution < 1.29 is 19.1 Å². The first-order valence-corrected chi connectivity index (χ1v) is 8.39. The second-order valence-corrected chi connectivity index (χ2v) is 6.18. The fourth-order valence-corrected chi connectivity index (χ4v) is 2.84. The van der Waals surface area contributed by atoms with E-state index >= 15 is 0 Å². The summed E-state index contributed by atoms with van der Waals surface area (Å²) in [6, 6.07) is 11.1. The van der Waals surface area contributed by atoms with Crippen molar-refractivity contribution in [3.63, 3.8) is 0 Å². The van der Waals surface area contributed by atoms with Crippen molar-refractivity contribution in [1.82, 2.24) is 0 Å². The van der Waals surface area contributed by atoms with E-state index in [-0.39, 0.29) is 12.2 Å². The molecular formula is C19H19BrO4. The van der Waals surface area contributed by atoms with Gasteiger partial charge in [0.15, 0.2) is 0 Å². The first kappa shape index (κ1) is 18.2. The Balaban J connectivity index is 2.27. The molecule has 0 spiro atoms. The maximum Gasteiger partial charge on any atom is 0.379 e. The average Bonchev–Trinajstić information content (AvgIpc) is 2.59. The zero-order valence-electron chi connectivity index (χ0n) is 13.9. The van der Waals surface area contributed by atoms with Gasteiger partial charge in [0.25, 0.3) is 5.78 Å². The summed E-state index contributed by atoms with van der Waals surface area (Å²) in [5.74, 6) is -0.826. The average molecular weight is 391 g/mol. The lowest BCUT2D eigenvalue weighted by Crippen LogP contribution is -2.18. The number of hydrogen-bond acceptors (Lipinski definition) is 4. The van der Waals surface area contributed by atoms with Gasteiger partial charge in [0.05, 0.1) is 7.11 Å². The molecule has 0 amide bonds. The monoisotopic (exact) mass is 390 g/mol. The van der Waals surface area contributed by atoms with Crippen molar-refractivity contribution in [3.8, 4) is 5.75 Å². The highest BCUT2D eigenvalue weighted by Crippen LogP contribution is 2.26. The summed E-state index contributed by atoms with van der Waals surface area (Å²) in [4.78, 5) is 23.7. The minimum atomic E-state index is -0.891. The molecule has 2 rings (SSSR count). The Morgan fingerprint density at radius 2 is 1.92 bits per heavy atom. The van der Waals surface area contributed by atoms with Crippen LogP contribution in [0.25, 0.3) is 0 Å². The van der Waals surface area contributed by atoms with Crippen LogP contribution in [0.4, 0.5) is 0 Å². The molecule has 24 heavy (non-hydrogen) atoms. The van der Waals surface area contributed by atoms with Crippen LogP contribution in [0.3, 0.4) is 0 Å². The van der Waals surface area contributed by atoms with Gasteiger partial charge in [-0.25, -0.2) is 4.79 Å². The third-order valence-electron chi connectivity index (χ3n) is 3.75. The van der Waals surface area contributed by atoms with Crippen molar-refractivity contribution in [3.05, 3.63) is 63.1 Å². The number of benzene rings is 2. The zero-order valence-corrected chi connectivity index (χ0v) is 15.5. The first-order chi connectivity index (χ1) is 11.5. The summed E-state index contributed by atoms with van der Waals surface area (Å²) < 4.78 is 11.1. The first-order valence-electron chi connectivity index (χ1n) is 7.60. The third kappa shape index (κ3) is 4.03. The molecule has 0 aliphatic rings. The number of aryl methyl sites for hydroxylation is 2. The van der Waals surface area contributed by atoms with E-state index in [9.17, 15) is 9.59 Å². The molecule has 0 aliphatic heterocycles. The van der Waals surface area contributed by atoms with Crippen molar-refractivity contribution in [2.24, 2.45) is 0 Å². The largest absolute Gasteiger partial charge is 0.489 e. The number of Topliss-reactive ketones (excluding diaryl/α,β-unsaturated/α-hetero) is 1. The summed E-state index contributed by atoms with van der Waals surface area (Å²) in [5, 5.41) is 0. The van der Waals surface area contributed by atoms with Crippen LogP contribution in [0.2, 0.25) is 0 Å². The van der Waals surface area contributed by atoms with Crippen LogP contribution in [0.15, 0.2) is 40.9 Å². The number of carbonyl (C=O) groups excluding carboxylic acids is 2. The fourth-order valence-electron chi connectivity index (χ4n) is 2.36. The second kappa shape index (κ2) is 8.11. The highest BCUT2D eigenvalue weighted by molar-refractivity contribution is 9.10. The molecule has 0 saturated carbocycles. The molecule has 126 valence electrons. The molecule has 0 radical (unpaired) electrons. The number of carbonyl (C=O) groups is 2. The molecule has 0 aliphatic carbocycles. The van der Waals surface area contributed by atoms with E-state index in [0.29, 0.717) is 10.0 Å². The van der Waals surface area contributed by atoms with Gasteiger partial charge in [-0.05, 0) is 36.6 Å². The van der Waals surface area contributed by atoms with Gasteiger partial charge in [-0.1, -0.05) is 47.1 Å². The Morgan fingerprint density at radius 3 is 2.54 bits per heavy atom. The van der Waals surface area contributed by atoms with Gasteiger partial charge in [-0.2, -0.15) is 0 Å².